The molecular formula is C36H29N3. The van der Waals surface area contributed by atoms with Crippen LogP contribution in [0.1, 0.15) is 0 Å². The standard InChI is InChI=1S/C36H29N3/c37-36-26-25-34(39(31-17-9-3-10-18-31)32-19-11-4-12-20-32)27-35(36)28-21-23-33(24-22-28)38(29-13-5-1-6-14-29)30-15-7-2-8-16-30/h1-27H,37H2. The van der Waals surface area contributed by atoms with Crippen molar-refractivity contribution >= 4 is 39.8 Å². The molecule has 0 fully saturated rings. The van der Waals surface area contributed by atoms with E-state index in [4.69, 9.17) is 5.73 Å². The topological polar surface area (TPSA) is 32.5 Å². The Morgan fingerprint density at radius 1 is 0.333 bits per heavy atom. The van der Waals surface area contributed by atoms with E-state index in [-0.39, 0.29) is 0 Å². The van der Waals surface area contributed by atoms with E-state index in [1.807, 2.05) is 30.3 Å². The SMILES string of the molecule is Nc1ccc(N(c2ccccc2)c2ccccc2)cc1-c1ccc(N(c2ccccc2)c2ccccc2)cc1. The molecule has 0 aliphatic rings. The Bertz CT molecular complexity index is 1550. The molecule has 0 amide bonds. The molecular weight excluding hydrogens is 474 g/mol. The van der Waals surface area contributed by atoms with E-state index in [9.17, 15) is 0 Å². The van der Waals surface area contributed by atoms with Gasteiger partial charge in [0, 0.05) is 45.4 Å². The number of benzene rings is 6. The third kappa shape index (κ3) is 5.11. The molecule has 6 aromatic carbocycles. The van der Waals surface area contributed by atoms with Crippen LogP contribution in [0.3, 0.4) is 0 Å². The number of nitrogens with two attached hydrogens (primary N) is 1. The molecule has 0 heterocycles. The van der Waals surface area contributed by atoms with Crippen molar-refractivity contribution in [2.75, 3.05) is 15.5 Å². The Hall–Kier alpha value is -5.28. The lowest BCUT2D eigenvalue weighted by Crippen LogP contribution is -2.10. The molecule has 0 unspecified atom stereocenters. The highest BCUT2D eigenvalue weighted by Gasteiger charge is 2.16. The summed E-state index contributed by atoms with van der Waals surface area (Å²) in [4.78, 5) is 4.51. The number of rotatable bonds is 7. The van der Waals surface area contributed by atoms with Gasteiger partial charge in [0.05, 0.1) is 0 Å². The van der Waals surface area contributed by atoms with E-state index in [2.05, 4.69) is 143 Å². The maximum atomic E-state index is 6.55. The van der Waals surface area contributed by atoms with Gasteiger partial charge in [-0.2, -0.15) is 0 Å². The highest BCUT2D eigenvalue weighted by atomic mass is 15.1. The van der Waals surface area contributed by atoms with Crippen molar-refractivity contribution in [3.05, 3.63) is 164 Å². The molecule has 0 aliphatic heterocycles. The molecule has 3 nitrogen and oxygen atoms in total. The average Bonchev–Trinajstić information content (AvgIpc) is 3.01. The van der Waals surface area contributed by atoms with Crippen molar-refractivity contribution in [3.8, 4) is 11.1 Å². The van der Waals surface area contributed by atoms with Gasteiger partial charge in [0.2, 0.25) is 0 Å². The molecule has 0 aliphatic carbocycles. The fourth-order valence-electron chi connectivity index (χ4n) is 4.93. The number of nitrogen functional groups attached to an aromatic ring is 1. The quantitative estimate of drug-likeness (QED) is 0.220. The van der Waals surface area contributed by atoms with E-state index in [0.29, 0.717) is 0 Å². The van der Waals surface area contributed by atoms with Gasteiger partial charge >= 0.3 is 0 Å². The molecule has 0 spiro atoms. The van der Waals surface area contributed by atoms with Crippen molar-refractivity contribution in [1.82, 2.24) is 0 Å². The van der Waals surface area contributed by atoms with Crippen LogP contribution in [0.15, 0.2) is 164 Å². The average molecular weight is 504 g/mol. The summed E-state index contributed by atoms with van der Waals surface area (Å²) in [6.45, 7) is 0. The van der Waals surface area contributed by atoms with Crippen molar-refractivity contribution < 1.29 is 0 Å². The van der Waals surface area contributed by atoms with Gasteiger partial charge in [-0.05, 0) is 84.4 Å². The minimum atomic E-state index is 0.746. The van der Waals surface area contributed by atoms with Crippen LogP contribution < -0.4 is 15.5 Å². The lowest BCUT2D eigenvalue weighted by Gasteiger charge is -2.27. The van der Waals surface area contributed by atoms with E-state index >= 15 is 0 Å². The van der Waals surface area contributed by atoms with Crippen molar-refractivity contribution in [2.24, 2.45) is 0 Å². The maximum Gasteiger partial charge on any atom is 0.0469 e. The molecule has 0 atom stereocenters. The highest BCUT2D eigenvalue weighted by molar-refractivity contribution is 5.86. The third-order valence-electron chi connectivity index (χ3n) is 6.79. The molecule has 6 aromatic rings. The van der Waals surface area contributed by atoms with Crippen LogP contribution >= 0.6 is 0 Å². The summed E-state index contributed by atoms with van der Waals surface area (Å²) in [6, 6.07) is 56.6. The molecule has 39 heavy (non-hydrogen) atoms. The van der Waals surface area contributed by atoms with E-state index < -0.39 is 0 Å². The minimum Gasteiger partial charge on any atom is -0.398 e. The predicted octanol–water partition coefficient (Wildman–Crippen LogP) is 9.88. The van der Waals surface area contributed by atoms with Crippen LogP contribution in [0, 0.1) is 0 Å². The number of nitrogens with zero attached hydrogens (tertiary/aromatic N) is 2. The van der Waals surface area contributed by atoms with Crippen LogP contribution in [-0.2, 0) is 0 Å². The van der Waals surface area contributed by atoms with Crippen LogP contribution in [0.25, 0.3) is 11.1 Å². The molecule has 0 saturated carbocycles. The van der Waals surface area contributed by atoms with E-state index in [1.165, 1.54) is 0 Å². The fraction of sp³-hybridized carbons (Fsp3) is 0. The first kappa shape index (κ1) is 24.1. The Morgan fingerprint density at radius 2 is 0.667 bits per heavy atom. The van der Waals surface area contributed by atoms with Crippen LogP contribution in [-0.4, -0.2) is 0 Å². The van der Waals surface area contributed by atoms with Crippen molar-refractivity contribution in [1.29, 1.82) is 0 Å². The van der Waals surface area contributed by atoms with E-state index in [0.717, 1.165) is 50.9 Å². The minimum absolute atomic E-state index is 0.746. The normalized spacial score (nSPS) is 10.7. The second kappa shape index (κ2) is 11.0. The summed E-state index contributed by atoms with van der Waals surface area (Å²) in [5.74, 6) is 0. The van der Waals surface area contributed by atoms with Gasteiger partial charge in [-0.25, -0.2) is 0 Å². The first-order valence-electron chi connectivity index (χ1n) is 13.1. The van der Waals surface area contributed by atoms with E-state index in [1.54, 1.807) is 0 Å². The molecule has 2 N–H and O–H groups in total. The summed E-state index contributed by atoms with van der Waals surface area (Å²) in [5, 5.41) is 0. The first-order chi connectivity index (χ1) is 19.3. The molecule has 0 saturated heterocycles. The Morgan fingerprint density at radius 3 is 1.08 bits per heavy atom. The Labute approximate surface area is 230 Å². The summed E-state index contributed by atoms with van der Waals surface area (Å²) in [6.07, 6.45) is 0. The highest BCUT2D eigenvalue weighted by Crippen LogP contribution is 2.40. The smallest absolute Gasteiger partial charge is 0.0469 e. The number of anilines is 7. The van der Waals surface area contributed by atoms with Gasteiger partial charge < -0.3 is 15.5 Å². The Balaban J connectivity index is 1.40. The molecule has 6 rings (SSSR count). The van der Waals surface area contributed by atoms with Crippen LogP contribution in [0.5, 0.6) is 0 Å². The first-order valence-corrected chi connectivity index (χ1v) is 13.1. The summed E-state index contributed by atoms with van der Waals surface area (Å²) < 4.78 is 0. The van der Waals surface area contributed by atoms with Crippen LogP contribution in [0.2, 0.25) is 0 Å². The van der Waals surface area contributed by atoms with Crippen molar-refractivity contribution in [2.45, 2.75) is 0 Å². The Kier molecular flexibility index (Phi) is 6.79. The fourth-order valence-corrected chi connectivity index (χ4v) is 4.93. The number of hydrogen-bond donors (Lipinski definition) is 1. The number of para-hydroxylation sites is 4. The van der Waals surface area contributed by atoms with Gasteiger partial charge in [0.1, 0.15) is 0 Å². The second-order valence-electron chi connectivity index (χ2n) is 9.33. The second-order valence-corrected chi connectivity index (χ2v) is 9.33. The van der Waals surface area contributed by atoms with Gasteiger partial charge in [0.15, 0.2) is 0 Å². The van der Waals surface area contributed by atoms with Gasteiger partial charge in [0.25, 0.3) is 0 Å². The zero-order chi connectivity index (χ0) is 26.4. The lowest BCUT2D eigenvalue weighted by molar-refractivity contribution is 1.28. The van der Waals surface area contributed by atoms with Crippen LogP contribution in [0.4, 0.5) is 39.8 Å². The van der Waals surface area contributed by atoms with Gasteiger partial charge in [-0.3, -0.25) is 0 Å². The maximum absolute atomic E-state index is 6.55. The van der Waals surface area contributed by atoms with Crippen molar-refractivity contribution in [3.63, 3.8) is 0 Å². The molecule has 0 bridgehead atoms. The van der Waals surface area contributed by atoms with Gasteiger partial charge in [-0.15, -0.1) is 0 Å². The zero-order valence-electron chi connectivity index (χ0n) is 21.6. The third-order valence-corrected chi connectivity index (χ3v) is 6.79. The largest absolute Gasteiger partial charge is 0.398 e. The molecule has 0 aromatic heterocycles. The molecule has 188 valence electrons. The summed E-state index contributed by atoms with van der Waals surface area (Å²) >= 11 is 0. The molecule has 0 radical (unpaired) electrons. The summed E-state index contributed by atoms with van der Waals surface area (Å²) in [7, 11) is 0. The molecule has 3 heteroatoms. The van der Waals surface area contributed by atoms with Gasteiger partial charge in [-0.1, -0.05) is 84.9 Å². The monoisotopic (exact) mass is 503 g/mol. The lowest BCUT2D eigenvalue weighted by atomic mass is 10.0. The predicted molar refractivity (Wildman–Crippen MR) is 166 cm³/mol. The number of hydrogen-bond acceptors (Lipinski definition) is 3. The zero-order valence-corrected chi connectivity index (χ0v) is 21.6. The summed E-state index contributed by atoms with van der Waals surface area (Å²) in [5.41, 5.74) is 15.9.